The first-order valence-electron chi connectivity index (χ1n) is 3.98. The second kappa shape index (κ2) is 6.15. The highest BCUT2D eigenvalue weighted by Crippen LogP contribution is 2.34. The summed E-state index contributed by atoms with van der Waals surface area (Å²) in [6, 6.07) is 1.61. The van der Waals surface area contributed by atoms with Gasteiger partial charge in [0.25, 0.3) is 0 Å². The van der Waals surface area contributed by atoms with Gasteiger partial charge in [-0.2, -0.15) is 0 Å². The lowest BCUT2D eigenvalue weighted by Gasteiger charge is -2.12. The Labute approximate surface area is 109 Å². The molecule has 0 bridgehead atoms. The van der Waals surface area contributed by atoms with Crippen LogP contribution < -0.4 is 5.73 Å². The molecule has 0 spiro atoms. The van der Waals surface area contributed by atoms with Gasteiger partial charge in [-0.05, 0) is 12.1 Å². The first-order valence-corrected chi connectivity index (χ1v) is 4.74. The smallest absolute Gasteiger partial charge is 0.327 e. The number of nitrogens with two attached hydrogens (primary N) is 1. The average molecular weight is 287 g/mol. The van der Waals surface area contributed by atoms with Crippen molar-refractivity contribution in [3.63, 3.8) is 0 Å². The van der Waals surface area contributed by atoms with E-state index in [0.717, 1.165) is 0 Å². The zero-order valence-electron chi connectivity index (χ0n) is 8.24. The maximum atomic E-state index is 11.1. The van der Waals surface area contributed by atoms with E-state index in [1.54, 1.807) is 0 Å². The van der Waals surface area contributed by atoms with Crippen molar-refractivity contribution in [3.8, 4) is 5.75 Å². The molecule has 16 heavy (non-hydrogen) atoms. The third-order valence-electron chi connectivity index (χ3n) is 1.85. The van der Waals surface area contributed by atoms with Crippen LogP contribution in [0, 0.1) is 0 Å². The van der Waals surface area contributed by atoms with E-state index in [1.807, 2.05) is 0 Å². The Morgan fingerprint density at radius 2 is 2.06 bits per heavy atom. The molecule has 4 nitrogen and oxygen atoms in total. The molecule has 0 radical (unpaired) electrons. The molecule has 7 heteroatoms. The van der Waals surface area contributed by atoms with E-state index < -0.39 is 12.0 Å². The molecule has 0 aliphatic carbocycles. The number of rotatable bonds is 2. The van der Waals surface area contributed by atoms with Crippen molar-refractivity contribution in [1.82, 2.24) is 0 Å². The first kappa shape index (κ1) is 15.3. The van der Waals surface area contributed by atoms with E-state index in [4.69, 9.17) is 28.9 Å². The van der Waals surface area contributed by atoms with Gasteiger partial charge in [-0.1, -0.05) is 23.2 Å². The molecule has 0 unspecified atom stereocenters. The number of carbonyl (C=O) groups is 1. The number of hydrogen-bond acceptors (Lipinski definition) is 4. The summed E-state index contributed by atoms with van der Waals surface area (Å²) in [6.45, 7) is 0. The van der Waals surface area contributed by atoms with Crippen LogP contribution in [0.25, 0.3) is 0 Å². The van der Waals surface area contributed by atoms with Crippen LogP contribution in [0.1, 0.15) is 11.6 Å². The van der Waals surface area contributed by atoms with Crippen molar-refractivity contribution >= 4 is 41.6 Å². The van der Waals surface area contributed by atoms with Crippen molar-refractivity contribution in [2.45, 2.75) is 6.04 Å². The van der Waals surface area contributed by atoms with Crippen LogP contribution in [-0.4, -0.2) is 18.2 Å². The Morgan fingerprint density at radius 3 is 2.56 bits per heavy atom. The number of benzene rings is 1. The van der Waals surface area contributed by atoms with E-state index in [1.165, 1.54) is 19.2 Å². The number of phenolic OH excluding ortho intramolecular Hbond substituents is 1. The fourth-order valence-corrected chi connectivity index (χ4v) is 1.59. The van der Waals surface area contributed by atoms with Crippen molar-refractivity contribution in [1.29, 1.82) is 0 Å². The minimum atomic E-state index is -1.11. The summed E-state index contributed by atoms with van der Waals surface area (Å²) < 4.78 is 4.44. The summed E-state index contributed by atoms with van der Waals surface area (Å²) in [5.74, 6) is -0.942. The normalized spacial score (nSPS) is 11.5. The summed E-state index contributed by atoms with van der Waals surface area (Å²) in [5, 5.41) is 9.88. The molecule has 1 atom stereocenters. The summed E-state index contributed by atoms with van der Waals surface area (Å²) in [6.07, 6.45) is 0. The maximum Gasteiger partial charge on any atom is 0.327 e. The van der Waals surface area contributed by atoms with Gasteiger partial charge in [-0.15, -0.1) is 12.4 Å². The third-order valence-corrected chi connectivity index (χ3v) is 2.35. The van der Waals surface area contributed by atoms with E-state index in [2.05, 4.69) is 4.74 Å². The fourth-order valence-electron chi connectivity index (χ4n) is 1.08. The van der Waals surface area contributed by atoms with Gasteiger partial charge < -0.3 is 15.6 Å². The summed E-state index contributed by atoms with van der Waals surface area (Å²) in [5.41, 5.74) is 5.67. The van der Waals surface area contributed by atoms with E-state index >= 15 is 0 Å². The largest absolute Gasteiger partial charge is 0.506 e. The molecule has 90 valence electrons. The molecule has 0 saturated carbocycles. The first-order chi connectivity index (χ1) is 6.97. The van der Waals surface area contributed by atoms with Crippen molar-refractivity contribution in [2.75, 3.05) is 7.11 Å². The minimum Gasteiger partial charge on any atom is -0.506 e. The van der Waals surface area contributed by atoms with E-state index in [-0.39, 0.29) is 33.8 Å². The van der Waals surface area contributed by atoms with Gasteiger partial charge >= 0.3 is 5.97 Å². The Hall–Kier alpha value is -0.680. The summed E-state index contributed by atoms with van der Waals surface area (Å²) >= 11 is 11.4. The lowest BCUT2D eigenvalue weighted by Crippen LogP contribution is -2.22. The molecular formula is C9H10Cl3NO3. The second-order valence-corrected chi connectivity index (χ2v) is 3.67. The number of halogens is 3. The second-order valence-electron chi connectivity index (χ2n) is 2.83. The highest BCUT2D eigenvalue weighted by Gasteiger charge is 2.21. The zero-order chi connectivity index (χ0) is 11.6. The van der Waals surface area contributed by atoms with Crippen LogP contribution in [0.4, 0.5) is 0 Å². The molecular weight excluding hydrogens is 276 g/mol. The quantitative estimate of drug-likeness (QED) is 0.818. The maximum absolute atomic E-state index is 11.1. The number of phenols is 1. The standard InChI is InChI=1S/C9H9Cl2NO3.ClH/c1-15-9(14)7(12)5-2-4(10)3-6(11)8(5)13;/h2-3,7,13H,12H2,1H3;1H/t7-;/m0./s1. The van der Waals surface area contributed by atoms with E-state index in [0.29, 0.717) is 0 Å². The van der Waals surface area contributed by atoms with Crippen LogP contribution in [0.3, 0.4) is 0 Å². The third kappa shape index (κ3) is 3.15. The van der Waals surface area contributed by atoms with Crippen LogP contribution in [0.5, 0.6) is 5.75 Å². The molecule has 0 aromatic heterocycles. The Bertz CT molecular complexity index is 398. The molecule has 0 saturated heterocycles. The lowest BCUT2D eigenvalue weighted by atomic mass is 10.1. The minimum absolute atomic E-state index is 0. The fraction of sp³-hybridized carbons (Fsp3) is 0.222. The highest BCUT2D eigenvalue weighted by molar-refractivity contribution is 6.35. The van der Waals surface area contributed by atoms with Gasteiger partial charge in [-0.25, -0.2) is 0 Å². The van der Waals surface area contributed by atoms with Crippen molar-refractivity contribution < 1.29 is 14.6 Å². The molecule has 0 amide bonds. The topological polar surface area (TPSA) is 72.5 Å². The highest BCUT2D eigenvalue weighted by atomic mass is 35.5. The Morgan fingerprint density at radius 1 is 1.50 bits per heavy atom. The van der Waals surface area contributed by atoms with Gasteiger partial charge in [0.1, 0.15) is 11.8 Å². The molecule has 0 heterocycles. The van der Waals surface area contributed by atoms with E-state index in [9.17, 15) is 9.90 Å². The zero-order valence-corrected chi connectivity index (χ0v) is 10.6. The number of carbonyl (C=O) groups excluding carboxylic acids is 1. The molecule has 1 rings (SSSR count). The van der Waals surface area contributed by atoms with Gasteiger partial charge in [0.05, 0.1) is 12.1 Å². The lowest BCUT2D eigenvalue weighted by molar-refractivity contribution is -0.142. The summed E-state index contributed by atoms with van der Waals surface area (Å²) in [4.78, 5) is 11.1. The number of methoxy groups -OCH3 is 1. The van der Waals surface area contributed by atoms with Crippen molar-refractivity contribution in [3.05, 3.63) is 27.7 Å². The predicted molar refractivity (Wildman–Crippen MR) is 64.3 cm³/mol. The molecule has 0 aliphatic rings. The van der Waals surface area contributed by atoms with Crippen LogP contribution in [-0.2, 0) is 9.53 Å². The van der Waals surface area contributed by atoms with Gasteiger partial charge in [0.2, 0.25) is 0 Å². The van der Waals surface area contributed by atoms with Gasteiger partial charge in [0, 0.05) is 10.6 Å². The SMILES string of the molecule is COC(=O)[C@@H](N)c1cc(Cl)cc(Cl)c1O.Cl. The molecule has 0 aliphatic heterocycles. The number of aromatic hydroxyl groups is 1. The Balaban J connectivity index is 0.00000225. The number of hydrogen-bond donors (Lipinski definition) is 2. The van der Waals surface area contributed by atoms with Gasteiger partial charge in [0.15, 0.2) is 0 Å². The summed E-state index contributed by atoms with van der Waals surface area (Å²) in [7, 11) is 1.20. The predicted octanol–water partition coefficient (Wildman–Crippen LogP) is 2.29. The van der Waals surface area contributed by atoms with Crippen molar-refractivity contribution in [2.24, 2.45) is 5.73 Å². The van der Waals surface area contributed by atoms with Crippen LogP contribution in [0.15, 0.2) is 12.1 Å². The van der Waals surface area contributed by atoms with Gasteiger partial charge in [-0.3, -0.25) is 4.79 Å². The molecule has 1 aromatic rings. The number of ether oxygens (including phenoxy) is 1. The average Bonchev–Trinajstić information content (AvgIpc) is 2.21. The number of esters is 1. The molecule has 0 fully saturated rings. The molecule has 1 aromatic carbocycles. The Kier molecular flexibility index (Phi) is 5.89. The molecule has 3 N–H and O–H groups in total. The van der Waals surface area contributed by atoms with Crippen LogP contribution >= 0.6 is 35.6 Å². The van der Waals surface area contributed by atoms with Crippen LogP contribution in [0.2, 0.25) is 10.0 Å². The monoisotopic (exact) mass is 285 g/mol.